The number of fused-ring (bicyclic) bond motifs is 1. The molecule has 0 bridgehead atoms. The topological polar surface area (TPSA) is 41.1 Å². The van der Waals surface area contributed by atoms with Crippen molar-refractivity contribution in [3.63, 3.8) is 0 Å². The molecular formula is C19H28N2O. The maximum Gasteiger partial charge on any atom is 0.226 e. The Hall–Kier alpha value is -1.09. The van der Waals surface area contributed by atoms with Gasteiger partial charge in [0.15, 0.2) is 0 Å². The molecule has 4 rings (SSSR count). The average Bonchev–Trinajstić information content (AvgIpc) is 3.24. The van der Waals surface area contributed by atoms with Gasteiger partial charge in [0.05, 0.1) is 5.41 Å². The predicted molar refractivity (Wildman–Crippen MR) is 88.4 cm³/mol. The van der Waals surface area contributed by atoms with Gasteiger partial charge in [0.25, 0.3) is 0 Å². The van der Waals surface area contributed by atoms with Crippen LogP contribution in [-0.4, -0.2) is 25.0 Å². The van der Waals surface area contributed by atoms with Crippen LogP contribution >= 0.6 is 0 Å². The van der Waals surface area contributed by atoms with Crippen molar-refractivity contribution in [2.45, 2.75) is 63.8 Å². The Morgan fingerprint density at radius 1 is 1.14 bits per heavy atom. The van der Waals surface area contributed by atoms with Crippen LogP contribution in [0.2, 0.25) is 0 Å². The molecule has 0 aromatic heterocycles. The van der Waals surface area contributed by atoms with Gasteiger partial charge in [0.1, 0.15) is 0 Å². The molecule has 3 fully saturated rings. The first-order valence-electron chi connectivity index (χ1n) is 9.15. The molecule has 1 aliphatic heterocycles. The van der Waals surface area contributed by atoms with Gasteiger partial charge in [-0.15, -0.1) is 0 Å². The highest BCUT2D eigenvalue weighted by Crippen LogP contribution is 2.45. The zero-order chi connectivity index (χ0) is 15.0. The lowest BCUT2D eigenvalue weighted by Crippen LogP contribution is -2.50. The van der Waals surface area contributed by atoms with Crippen molar-refractivity contribution >= 4 is 5.91 Å². The highest BCUT2D eigenvalue weighted by molar-refractivity contribution is 5.83. The molecule has 1 amide bonds. The van der Waals surface area contributed by atoms with Crippen LogP contribution in [0.5, 0.6) is 0 Å². The molecule has 3 aliphatic carbocycles. The van der Waals surface area contributed by atoms with E-state index < -0.39 is 0 Å². The first kappa shape index (κ1) is 14.5. The van der Waals surface area contributed by atoms with Gasteiger partial charge in [-0.25, -0.2) is 0 Å². The molecule has 120 valence electrons. The van der Waals surface area contributed by atoms with Crippen LogP contribution in [-0.2, 0) is 4.79 Å². The normalized spacial score (nSPS) is 27.8. The number of carbonyl (C=O) groups excluding carboxylic acids is 1. The minimum Gasteiger partial charge on any atom is -0.352 e. The molecule has 1 heterocycles. The summed E-state index contributed by atoms with van der Waals surface area (Å²) in [5, 5.41) is 6.85. The van der Waals surface area contributed by atoms with Crippen molar-refractivity contribution in [3.8, 4) is 0 Å². The van der Waals surface area contributed by atoms with Gasteiger partial charge in [0, 0.05) is 6.04 Å². The van der Waals surface area contributed by atoms with Gasteiger partial charge < -0.3 is 10.6 Å². The van der Waals surface area contributed by atoms with Gasteiger partial charge in [-0.1, -0.05) is 25.0 Å². The van der Waals surface area contributed by atoms with Crippen LogP contribution in [0.4, 0.5) is 0 Å². The summed E-state index contributed by atoms with van der Waals surface area (Å²) in [6, 6.07) is 0.342. The van der Waals surface area contributed by atoms with E-state index in [0.29, 0.717) is 11.9 Å². The van der Waals surface area contributed by atoms with Crippen LogP contribution < -0.4 is 10.6 Å². The van der Waals surface area contributed by atoms with Gasteiger partial charge in [0.2, 0.25) is 5.91 Å². The fourth-order valence-corrected chi connectivity index (χ4v) is 4.55. The van der Waals surface area contributed by atoms with Crippen LogP contribution in [0.3, 0.4) is 0 Å². The molecule has 3 heteroatoms. The number of allylic oxidation sites excluding steroid dienone is 2. The number of rotatable bonds is 4. The SMILES string of the molecule is O=C(NC1CC2=CCCC=C2C1)C1(CC2CC2)CCNCC1. The van der Waals surface area contributed by atoms with Crippen LogP contribution in [0.15, 0.2) is 23.3 Å². The van der Waals surface area contributed by atoms with Gasteiger partial charge in [-0.2, -0.15) is 0 Å². The number of amides is 1. The summed E-state index contributed by atoms with van der Waals surface area (Å²) in [5.41, 5.74) is 2.92. The van der Waals surface area contributed by atoms with E-state index in [-0.39, 0.29) is 5.41 Å². The average molecular weight is 300 g/mol. The summed E-state index contributed by atoms with van der Waals surface area (Å²) in [4.78, 5) is 13.1. The number of nitrogens with one attached hydrogen (secondary N) is 2. The van der Waals surface area contributed by atoms with E-state index >= 15 is 0 Å². The molecular weight excluding hydrogens is 272 g/mol. The third kappa shape index (κ3) is 2.88. The second-order valence-corrected chi connectivity index (χ2v) is 7.79. The van der Waals surface area contributed by atoms with Crippen LogP contribution in [0.25, 0.3) is 0 Å². The minimum absolute atomic E-state index is 0.0804. The van der Waals surface area contributed by atoms with Crippen molar-refractivity contribution in [2.24, 2.45) is 11.3 Å². The van der Waals surface area contributed by atoms with Crippen molar-refractivity contribution < 1.29 is 4.79 Å². The van der Waals surface area contributed by atoms with Crippen molar-refractivity contribution in [2.75, 3.05) is 13.1 Å². The summed E-state index contributed by atoms with van der Waals surface area (Å²) >= 11 is 0. The molecule has 0 atom stereocenters. The zero-order valence-electron chi connectivity index (χ0n) is 13.5. The number of carbonyl (C=O) groups is 1. The highest BCUT2D eigenvalue weighted by Gasteiger charge is 2.44. The lowest BCUT2D eigenvalue weighted by atomic mass is 9.73. The van der Waals surface area contributed by atoms with Gasteiger partial charge >= 0.3 is 0 Å². The number of hydrogen-bond donors (Lipinski definition) is 2. The standard InChI is InChI=1S/C19H28N2O/c22-18(19(13-14-5-6-14)7-9-20-10-8-19)21-17-11-15-3-1-2-4-16(15)12-17/h3-4,14,17,20H,1-2,5-13H2,(H,21,22). The van der Waals surface area contributed by atoms with Gasteiger partial charge in [-0.05, 0) is 75.1 Å². The molecule has 22 heavy (non-hydrogen) atoms. The van der Waals surface area contributed by atoms with E-state index in [1.165, 1.54) is 36.8 Å². The fraction of sp³-hybridized carbons (Fsp3) is 0.737. The largest absolute Gasteiger partial charge is 0.352 e. The summed E-state index contributed by atoms with van der Waals surface area (Å²) in [6.45, 7) is 2.00. The lowest BCUT2D eigenvalue weighted by Gasteiger charge is -2.37. The summed E-state index contributed by atoms with van der Waals surface area (Å²) < 4.78 is 0. The van der Waals surface area contributed by atoms with E-state index in [4.69, 9.17) is 0 Å². The predicted octanol–water partition coefficient (Wildman–Crippen LogP) is 3.08. The maximum atomic E-state index is 13.1. The monoisotopic (exact) mass is 300 g/mol. The Bertz CT molecular complexity index is 488. The van der Waals surface area contributed by atoms with E-state index in [0.717, 1.165) is 51.1 Å². The molecule has 0 aromatic carbocycles. The molecule has 2 N–H and O–H groups in total. The van der Waals surface area contributed by atoms with Crippen LogP contribution in [0.1, 0.15) is 57.8 Å². The number of hydrogen-bond acceptors (Lipinski definition) is 2. The zero-order valence-corrected chi connectivity index (χ0v) is 13.5. The van der Waals surface area contributed by atoms with E-state index in [9.17, 15) is 4.79 Å². The first-order valence-corrected chi connectivity index (χ1v) is 9.15. The fourth-order valence-electron chi connectivity index (χ4n) is 4.55. The quantitative estimate of drug-likeness (QED) is 0.838. The molecule has 3 nitrogen and oxygen atoms in total. The van der Waals surface area contributed by atoms with E-state index in [1.54, 1.807) is 0 Å². The second-order valence-electron chi connectivity index (χ2n) is 7.79. The van der Waals surface area contributed by atoms with Crippen molar-refractivity contribution in [3.05, 3.63) is 23.3 Å². The molecule has 0 radical (unpaired) electrons. The Morgan fingerprint density at radius 3 is 2.36 bits per heavy atom. The Balaban J connectivity index is 1.43. The number of piperidine rings is 1. The smallest absolute Gasteiger partial charge is 0.226 e. The molecule has 0 unspecified atom stereocenters. The molecule has 4 aliphatic rings. The molecule has 0 aromatic rings. The van der Waals surface area contributed by atoms with E-state index in [2.05, 4.69) is 22.8 Å². The lowest BCUT2D eigenvalue weighted by molar-refractivity contribution is -0.134. The third-order valence-electron chi connectivity index (χ3n) is 6.05. The Kier molecular flexibility index (Phi) is 3.85. The summed E-state index contributed by atoms with van der Waals surface area (Å²) in [6.07, 6.45) is 15.1. The van der Waals surface area contributed by atoms with E-state index in [1.807, 2.05) is 0 Å². The highest BCUT2D eigenvalue weighted by atomic mass is 16.2. The van der Waals surface area contributed by atoms with Gasteiger partial charge in [-0.3, -0.25) is 4.79 Å². The summed E-state index contributed by atoms with van der Waals surface area (Å²) in [5.74, 6) is 1.17. The first-order chi connectivity index (χ1) is 10.8. The second kappa shape index (κ2) is 5.84. The maximum absolute atomic E-state index is 13.1. The Labute approximate surface area is 133 Å². The summed E-state index contributed by atoms with van der Waals surface area (Å²) in [7, 11) is 0. The molecule has 1 saturated heterocycles. The molecule has 0 spiro atoms. The molecule has 2 saturated carbocycles. The Morgan fingerprint density at radius 2 is 1.77 bits per heavy atom. The minimum atomic E-state index is -0.0804. The van der Waals surface area contributed by atoms with Crippen LogP contribution in [0, 0.1) is 11.3 Å². The van der Waals surface area contributed by atoms with Crippen molar-refractivity contribution in [1.29, 1.82) is 0 Å². The third-order valence-corrected chi connectivity index (χ3v) is 6.05. The van der Waals surface area contributed by atoms with Crippen molar-refractivity contribution in [1.82, 2.24) is 10.6 Å².